The zero-order chi connectivity index (χ0) is 20.5. The van der Waals surface area contributed by atoms with Gasteiger partial charge in [-0.05, 0) is 36.4 Å². The number of amides is 3. The number of methoxy groups -OCH3 is 1. The number of aromatic nitrogens is 1. The molecule has 3 amide bonds. The lowest BCUT2D eigenvalue weighted by Gasteiger charge is -2.11. The van der Waals surface area contributed by atoms with Gasteiger partial charge in [0.25, 0.3) is 5.91 Å². The van der Waals surface area contributed by atoms with Crippen molar-refractivity contribution >= 4 is 24.0 Å². The largest absolute Gasteiger partial charge is 0.468 e. The molecular weight excluding hydrogens is 379 g/mol. The summed E-state index contributed by atoms with van der Waals surface area (Å²) in [6.45, 7) is -0.548. The van der Waals surface area contributed by atoms with Gasteiger partial charge < -0.3 is 14.6 Å². The Morgan fingerprint density at radius 2 is 1.96 bits per heavy atom. The predicted molar refractivity (Wildman–Crippen MR) is 91.0 cm³/mol. The van der Waals surface area contributed by atoms with Gasteiger partial charge in [-0.1, -0.05) is 6.07 Å². The van der Waals surface area contributed by atoms with Gasteiger partial charge in [-0.2, -0.15) is 13.2 Å². The van der Waals surface area contributed by atoms with E-state index < -0.39 is 36.2 Å². The normalized spacial score (nSPS) is 15.9. The Morgan fingerprint density at radius 3 is 2.64 bits per heavy atom. The number of alkyl halides is 3. The van der Waals surface area contributed by atoms with Gasteiger partial charge in [-0.25, -0.2) is 9.69 Å². The molecule has 2 aromatic rings. The third-order valence-electron chi connectivity index (χ3n) is 4.00. The van der Waals surface area contributed by atoms with E-state index in [1.165, 1.54) is 29.0 Å². The average molecular weight is 393 g/mol. The predicted octanol–water partition coefficient (Wildman–Crippen LogP) is 2.56. The first-order valence-corrected chi connectivity index (χ1v) is 7.97. The molecule has 2 heterocycles. The summed E-state index contributed by atoms with van der Waals surface area (Å²) in [6.07, 6.45) is -1.65. The lowest BCUT2D eigenvalue weighted by molar-refractivity contribution is -0.143. The number of urea groups is 1. The molecule has 0 spiro atoms. The van der Waals surface area contributed by atoms with Crippen molar-refractivity contribution in [2.45, 2.75) is 6.18 Å². The van der Waals surface area contributed by atoms with Gasteiger partial charge in [0, 0.05) is 17.6 Å². The average Bonchev–Trinajstić information content (AvgIpc) is 3.21. The minimum Gasteiger partial charge on any atom is -0.468 e. The maximum Gasteiger partial charge on any atom is 0.416 e. The van der Waals surface area contributed by atoms with Crippen LogP contribution in [0.2, 0.25) is 0 Å². The molecule has 1 N–H and O–H groups in total. The summed E-state index contributed by atoms with van der Waals surface area (Å²) in [7, 11) is 1.12. The van der Waals surface area contributed by atoms with E-state index in [1.807, 2.05) is 0 Å². The molecule has 1 fully saturated rings. The van der Waals surface area contributed by atoms with Crippen LogP contribution < -0.4 is 5.32 Å². The first-order chi connectivity index (χ1) is 13.2. The van der Waals surface area contributed by atoms with Gasteiger partial charge in [-0.3, -0.25) is 9.59 Å². The number of carbonyl (C=O) groups is 3. The van der Waals surface area contributed by atoms with E-state index in [9.17, 15) is 27.6 Å². The number of hydrogen-bond acceptors (Lipinski definition) is 4. The topological polar surface area (TPSA) is 80.6 Å². The van der Waals surface area contributed by atoms with Crippen LogP contribution >= 0.6 is 0 Å². The Kier molecular flexibility index (Phi) is 4.95. The number of hydrogen-bond donors (Lipinski definition) is 1. The molecule has 1 aliphatic rings. The zero-order valence-corrected chi connectivity index (χ0v) is 14.5. The number of rotatable bonds is 4. The number of nitrogens with one attached hydrogen (secondary N) is 1. The van der Waals surface area contributed by atoms with E-state index >= 15 is 0 Å². The molecule has 28 heavy (non-hydrogen) atoms. The van der Waals surface area contributed by atoms with E-state index in [4.69, 9.17) is 0 Å². The fourth-order valence-electron chi connectivity index (χ4n) is 2.64. The maximum atomic E-state index is 13.0. The molecule has 1 aromatic heterocycles. The second-order valence-electron chi connectivity index (χ2n) is 5.81. The molecule has 10 heteroatoms. The maximum absolute atomic E-state index is 13.0. The molecule has 0 aliphatic carbocycles. The van der Waals surface area contributed by atoms with E-state index in [1.54, 1.807) is 12.1 Å². The third kappa shape index (κ3) is 3.75. The van der Waals surface area contributed by atoms with Crippen LogP contribution in [-0.2, 0) is 20.5 Å². The van der Waals surface area contributed by atoms with Gasteiger partial charge in [0.15, 0.2) is 0 Å². The summed E-state index contributed by atoms with van der Waals surface area (Å²) in [6, 6.07) is 7.04. The number of imide groups is 1. The third-order valence-corrected chi connectivity index (χ3v) is 4.00. The summed E-state index contributed by atoms with van der Waals surface area (Å²) in [5, 5.41) is 2.33. The second kappa shape index (κ2) is 7.22. The van der Waals surface area contributed by atoms with Crippen molar-refractivity contribution in [1.82, 2.24) is 14.8 Å². The fourth-order valence-corrected chi connectivity index (χ4v) is 2.64. The summed E-state index contributed by atoms with van der Waals surface area (Å²) in [5.74, 6) is -1.51. The van der Waals surface area contributed by atoms with Gasteiger partial charge in [-0.15, -0.1) is 0 Å². The van der Waals surface area contributed by atoms with Crippen LogP contribution in [0, 0.1) is 0 Å². The van der Waals surface area contributed by atoms with Crippen molar-refractivity contribution in [3.05, 3.63) is 59.5 Å². The zero-order valence-electron chi connectivity index (χ0n) is 14.5. The minimum absolute atomic E-state index is 0.110. The molecule has 1 aromatic carbocycles. The van der Waals surface area contributed by atoms with E-state index in [0.29, 0.717) is 10.6 Å². The van der Waals surface area contributed by atoms with Crippen LogP contribution in [0.25, 0.3) is 11.8 Å². The molecule has 1 saturated heterocycles. The van der Waals surface area contributed by atoms with Crippen LogP contribution in [0.3, 0.4) is 0 Å². The molecule has 1 aliphatic heterocycles. The molecule has 3 rings (SSSR count). The van der Waals surface area contributed by atoms with Crippen LogP contribution in [0.15, 0.2) is 48.3 Å². The highest BCUT2D eigenvalue weighted by Gasteiger charge is 2.35. The molecule has 7 nitrogen and oxygen atoms in total. The van der Waals surface area contributed by atoms with Gasteiger partial charge in [0.1, 0.15) is 12.2 Å². The number of nitrogens with zero attached hydrogens (tertiary/aromatic N) is 2. The van der Waals surface area contributed by atoms with Crippen molar-refractivity contribution in [2.75, 3.05) is 13.7 Å². The van der Waals surface area contributed by atoms with Gasteiger partial charge >= 0.3 is 18.2 Å². The lowest BCUT2D eigenvalue weighted by atomic mass is 10.2. The Balaban J connectivity index is 1.92. The first kappa shape index (κ1) is 19.2. The number of ether oxygens (including phenoxy) is 1. The van der Waals surface area contributed by atoms with E-state index in [0.717, 1.165) is 19.2 Å². The molecule has 0 atom stereocenters. The van der Waals surface area contributed by atoms with E-state index in [-0.39, 0.29) is 11.4 Å². The van der Waals surface area contributed by atoms with Crippen molar-refractivity contribution < 1.29 is 32.3 Å². The molecule has 0 bridgehead atoms. The van der Waals surface area contributed by atoms with Crippen molar-refractivity contribution in [2.24, 2.45) is 0 Å². The van der Waals surface area contributed by atoms with Crippen LogP contribution in [0.1, 0.15) is 11.3 Å². The van der Waals surface area contributed by atoms with E-state index in [2.05, 4.69) is 10.1 Å². The Morgan fingerprint density at radius 1 is 1.21 bits per heavy atom. The van der Waals surface area contributed by atoms with Crippen LogP contribution in [-0.4, -0.2) is 41.0 Å². The highest BCUT2D eigenvalue weighted by molar-refractivity contribution is 6.15. The summed E-state index contributed by atoms with van der Waals surface area (Å²) in [5.41, 5.74) is -0.328. The van der Waals surface area contributed by atoms with Gasteiger partial charge in [0.05, 0.1) is 12.7 Å². The van der Waals surface area contributed by atoms with Crippen molar-refractivity contribution in [3.63, 3.8) is 0 Å². The SMILES string of the molecule is COC(=O)CN1C(=O)N/C(=C/c2cccn2-c2cccc(C(F)(F)F)c2)C1=O. The minimum atomic E-state index is -4.49. The molecule has 0 saturated carbocycles. The summed E-state index contributed by atoms with van der Waals surface area (Å²) in [4.78, 5) is 36.2. The van der Waals surface area contributed by atoms with Crippen LogP contribution in [0.4, 0.5) is 18.0 Å². The Labute approximate surface area is 157 Å². The molecular formula is C18H14F3N3O4. The lowest BCUT2D eigenvalue weighted by Crippen LogP contribution is -2.36. The standard InChI is InChI=1S/C18H14F3N3O4/c1-28-15(25)10-24-16(26)14(22-17(24)27)9-13-6-3-7-23(13)12-5-2-4-11(8-12)18(19,20)21/h2-9H,10H2,1H3,(H,22,27)/b14-9+. The highest BCUT2D eigenvalue weighted by Crippen LogP contribution is 2.30. The highest BCUT2D eigenvalue weighted by atomic mass is 19.4. The molecule has 0 unspecified atom stereocenters. The second-order valence-corrected chi connectivity index (χ2v) is 5.81. The van der Waals surface area contributed by atoms with Crippen LogP contribution in [0.5, 0.6) is 0 Å². The number of carbonyl (C=O) groups excluding carboxylic acids is 3. The number of benzene rings is 1. The quantitative estimate of drug-likeness (QED) is 0.492. The number of halogens is 3. The molecule has 146 valence electrons. The molecule has 0 radical (unpaired) electrons. The summed E-state index contributed by atoms with van der Waals surface area (Å²) < 4.78 is 44.7. The number of esters is 1. The van der Waals surface area contributed by atoms with Crippen molar-refractivity contribution in [1.29, 1.82) is 0 Å². The monoisotopic (exact) mass is 393 g/mol. The van der Waals surface area contributed by atoms with Gasteiger partial charge in [0.2, 0.25) is 0 Å². The fraction of sp³-hybridized carbons (Fsp3) is 0.167. The smallest absolute Gasteiger partial charge is 0.416 e. The first-order valence-electron chi connectivity index (χ1n) is 7.97. The summed E-state index contributed by atoms with van der Waals surface area (Å²) >= 11 is 0. The Bertz CT molecular complexity index is 978. The Hall–Kier alpha value is -3.56. The van der Waals surface area contributed by atoms with Crippen molar-refractivity contribution in [3.8, 4) is 5.69 Å².